The quantitative estimate of drug-likeness (QED) is 0.655. The van der Waals surface area contributed by atoms with Gasteiger partial charge in [-0.05, 0) is 24.7 Å². The minimum Gasteiger partial charge on any atom is -0.491 e. The number of hydroxylamine groups is 1. The first kappa shape index (κ1) is 17.3. The number of ether oxygens (including phenoxy) is 1. The van der Waals surface area contributed by atoms with Crippen molar-refractivity contribution in [2.24, 2.45) is 0 Å². The molecule has 2 N–H and O–H groups in total. The summed E-state index contributed by atoms with van der Waals surface area (Å²) in [6.07, 6.45) is 0. The number of likely N-dealkylation sites (N-methyl/N-ethyl adjacent to an activating group) is 1. The van der Waals surface area contributed by atoms with Gasteiger partial charge in [-0.3, -0.25) is 14.9 Å². The highest BCUT2D eigenvalue weighted by Crippen LogP contribution is 2.31. The molecule has 1 aliphatic rings. The Morgan fingerprint density at radius 2 is 2.00 bits per heavy atom. The average molecular weight is 332 g/mol. The highest BCUT2D eigenvalue weighted by Gasteiger charge is 2.24. The molecule has 5 nitrogen and oxygen atoms in total. The largest absolute Gasteiger partial charge is 0.491 e. The third-order valence-corrected chi connectivity index (χ3v) is 3.96. The number of carbonyl (C=O) groups excluding carboxylic acids is 1. The van der Waals surface area contributed by atoms with E-state index < -0.39 is 5.91 Å². The molecule has 1 atom stereocenters. The van der Waals surface area contributed by atoms with Crippen molar-refractivity contribution in [2.75, 3.05) is 13.7 Å². The highest BCUT2D eigenvalue weighted by atomic mass is 32.1. The van der Waals surface area contributed by atoms with Crippen LogP contribution in [0.5, 0.6) is 5.75 Å². The van der Waals surface area contributed by atoms with Crippen LogP contribution in [0.25, 0.3) is 0 Å². The van der Waals surface area contributed by atoms with Crippen molar-refractivity contribution in [1.29, 1.82) is 0 Å². The van der Waals surface area contributed by atoms with Gasteiger partial charge in [0, 0.05) is 17.7 Å². The van der Waals surface area contributed by atoms with Crippen molar-refractivity contribution < 1.29 is 14.7 Å². The van der Waals surface area contributed by atoms with Crippen LogP contribution in [0.15, 0.2) is 48.5 Å². The van der Waals surface area contributed by atoms with E-state index in [1.54, 1.807) is 17.6 Å². The summed E-state index contributed by atoms with van der Waals surface area (Å²) < 4.78 is 5.92. The summed E-state index contributed by atoms with van der Waals surface area (Å²) in [6, 6.07) is 15.6. The first-order valence-electron chi connectivity index (χ1n) is 7.14. The van der Waals surface area contributed by atoms with Crippen LogP contribution in [0.1, 0.15) is 27.5 Å². The molecule has 1 heterocycles. The van der Waals surface area contributed by atoms with Crippen molar-refractivity contribution in [3.63, 3.8) is 0 Å². The Balaban J connectivity index is 0.00000192. The number of nitrogens with zero attached hydrogens (tertiary/aromatic N) is 1. The van der Waals surface area contributed by atoms with Crippen LogP contribution in [-0.2, 0) is 6.54 Å². The molecule has 122 valence electrons. The van der Waals surface area contributed by atoms with Gasteiger partial charge in [0.15, 0.2) is 0 Å². The maximum atomic E-state index is 11.5. The summed E-state index contributed by atoms with van der Waals surface area (Å²) in [5.74, 6) is 0.148. The van der Waals surface area contributed by atoms with Crippen LogP contribution in [0.2, 0.25) is 0 Å². The topological polar surface area (TPSA) is 61.8 Å². The second-order valence-corrected chi connectivity index (χ2v) is 5.42. The fraction of sp³-hybridized carbons (Fsp3) is 0.235. The third kappa shape index (κ3) is 3.67. The van der Waals surface area contributed by atoms with Crippen molar-refractivity contribution in [3.05, 3.63) is 65.2 Å². The molecule has 0 bridgehead atoms. The number of hydrogen-bond acceptors (Lipinski definition) is 4. The average Bonchev–Trinajstić information content (AvgIpc) is 2.72. The Hall–Kier alpha value is -2.02. The Bertz CT molecular complexity index is 679. The molecule has 0 radical (unpaired) electrons. The molecule has 2 aromatic rings. The lowest BCUT2D eigenvalue weighted by Gasteiger charge is -2.25. The molecule has 0 saturated carbocycles. The zero-order valence-corrected chi connectivity index (χ0v) is 13.8. The highest BCUT2D eigenvalue weighted by molar-refractivity contribution is 7.59. The Morgan fingerprint density at radius 3 is 2.70 bits per heavy atom. The standard InChI is InChI=1S/C17H18N2O3.H2S/c1-19-10-14-8-7-13(17(20)18-21)9-16(14)22-11-15(19)12-5-3-2-4-6-12;/h2-9,15,21H,10-11H2,1H3,(H,18,20);1H2/t15-;/m1./s1. The molecule has 0 saturated heterocycles. The SMILES string of the molecule is CN1Cc2ccc(C(=O)NO)cc2OC[C@@H]1c1ccccc1.S. The molecular formula is C17H20N2O3S. The lowest BCUT2D eigenvalue weighted by Crippen LogP contribution is -2.26. The number of fused-ring (bicyclic) bond motifs is 1. The number of carbonyl (C=O) groups is 1. The van der Waals surface area contributed by atoms with Crippen LogP contribution < -0.4 is 10.2 Å². The van der Waals surface area contributed by atoms with Gasteiger partial charge >= 0.3 is 0 Å². The summed E-state index contributed by atoms with van der Waals surface area (Å²) in [6.45, 7) is 1.24. The van der Waals surface area contributed by atoms with Crippen LogP contribution in [0.3, 0.4) is 0 Å². The van der Waals surface area contributed by atoms with E-state index in [2.05, 4.69) is 24.1 Å². The minimum atomic E-state index is -0.538. The van der Waals surface area contributed by atoms with Gasteiger partial charge < -0.3 is 4.74 Å². The summed E-state index contributed by atoms with van der Waals surface area (Å²) in [5, 5.41) is 8.73. The van der Waals surface area contributed by atoms with Crippen LogP contribution in [-0.4, -0.2) is 29.7 Å². The van der Waals surface area contributed by atoms with Gasteiger partial charge in [-0.15, -0.1) is 0 Å². The summed E-state index contributed by atoms with van der Waals surface area (Å²) in [5.41, 5.74) is 4.24. The molecule has 1 aliphatic heterocycles. The number of rotatable bonds is 2. The van der Waals surface area contributed by atoms with Crippen molar-refractivity contribution in [3.8, 4) is 5.75 Å². The van der Waals surface area contributed by atoms with Crippen LogP contribution in [0, 0.1) is 0 Å². The summed E-state index contributed by atoms with van der Waals surface area (Å²) in [7, 11) is 2.06. The maximum Gasteiger partial charge on any atom is 0.274 e. The Kier molecular flexibility index (Phi) is 5.65. The molecule has 2 aromatic carbocycles. The number of hydrogen-bond donors (Lipinski definition) is 2. The van der Waals surface area contributed by atoms with Crippen LogP contribution >= 0.6 is 13.5 Å². The van der Waals surface area contributed by atoms with Crippen molar-refractivity contribution >= 4 is 19.4 Å². The molecule has 0 aliphatic carbocycles. The molecule has 0 aromatic heterocycles. The Morgan fingerprint density at radius 1 is 1.26 bits per heavy atom. The first-order valence-corrected chi connectivity index (χ1v) is 7.14. The van der Waals surface area contributed by atoms with Crippen LogP contribution in [0.4, 0.5) is 0 Å². The normalized spacial score (nSPS) is 17.2. The summed E-state index contributed by atoms with van der Waals surface area (Å²) >= 11 is 0. The van der Waals surface area contributed by atoms with E-state index in [4.69, 9.17) is 9.94 Å². The van der Waals surface area contributed by atoms with Gasteiger partial charge in [-0.2, -0.15) is 13.5 Å². The second kappa shape index (κ2) is 7.50. The van der Waals surface area contributed by atoms with Gasteiger partial charge in [0.1, 0.15) is 12.4 Å². The van der Waals surface area contributed by atoms with E-state index in [0.29, 0.717) is 17.9 Å². The fourth-order valence-electron chi connectivity index (χ4n) is 2.73. The molecule has 0 spiro atoms. The third-order valence-electron chi connectivity index (χ3n) is 3.96. The van der Waals surface area contributed by atoms with E-state index in [-0.39, 0.29) is 19.5 Å². The molecule has 6 heteroatoms. The zero-order valence-electron chi connectivity index (χ0n) is 12.8. The smallest absolute Gasteiger partial charge is 0.274 e. The van der Waals surface area contributed by atoms with E-state index in [9.17, 15) is 4.79 Å². The molecule has 3 rings (SSSR count). The summed E-state index contributed by atoms with van der Waals surface area (Å²) in [4.78, 5) is 13.7. The van der Waals surface area contributed by atoms with E-state index >= 15 is 0 Å². The maximum absolute atomic E-state index is 11.5. The van der Waals surface area contributed by atoms with E-state index in [1.165, 1.54) is 5.56 Å². The van der Waals surface area contributed by atoms with Gasteiger partial charge in [0.2, 0.25) is 0 Å². The number of benzene rings is 2. The zero-order chi connectivity index (χ0) is 15.5. The second-order valence-electron chi connectivity index (χ2n) is 5.42. The lowest BCUT2D eigenvalue weighted by atomic mass is 10.1. The minimum absolute atomic E-state index is 0. The van der Waals surface area contributed by atoms with Crippen molar-refractivity contribution in [1.82, 2.24) is 10.4 Å². The van der Waals surface area contributed by atoms with Gasteiger partial charge in [0.25, 0.3) is 5.91 Å². The monoisotopic (exact) mass is 332 g/mol. The number of nitrogens with one attached hydrogen (secondary N) is 1. The number of amides is 1. The molecule has 0 fully saturated rings. The fourth-order valence-corrected chi connectivity index (χ4v) is 2.73. The predicted octanol–water partition coefficient (Wildman–Crippen LogP) is 2.48. The lowest BCUT2D eigenvalue weighted by molar-refractivity contribution is 0.0706. The van der Waals surface area contributed by atoms with E-state index in [0.717, 1.165) is 12.1 Å². The molecule has 1 amide bonds. The molecule has 0 unspecified atom stereocenters. The van der Waals surface area contributed by atoms with Gasteiger partial charge in [-0.25, -0.2) is 5.48 Å². The van der Waals surface area contributed by atoms with Gasteiger partial charge in [-0.1, -0.05) is 36.4 Å². The molecule has 23 heavy (non-hydrogen) atoms. The predicted molar refractivity (Wildman–Crippen MR) is 92.2 cm³/mol. The van der Waals surface area contributed by atoms with E-state index in [1.807, 2.05) is 24.3 Å². The Labute approximate surface area is 142 Å². The first-order chi connectivity index (χ1) is 10.7. The molecular weight excluding hydrogens is 312 g/mol. The van der Waals surface area contributed by atoms with Gasteiger partial charge in [0.05, 0.1) is 6.04 Å². The van der Waals surface area contributed by atoms with Crippen molar-refractivity contribution in [2.45, 2.75) is 12.6 Å².